The van der Waals surface area contributed by atoms with E-state index in [1.807, 2.05) is 74.7 Å². The molecule has 35 heavy (non-hydrogen) atoms. The van der Waals surface area contributed by atoms with Crippen LogP contribution in [0.1, 0.15) is 30.5 Å². The smallest absolute Gasteiger partial charge is 0.163 e. The van der Waals surface area contributed by atoms with E-state index in [2.05, 4.69) is 36.4 Å². The predicted octanol–water partition coefficient (Wildman–Crippen LogP) is 5.58. The summed E-state index contributed by atoms with van der Waals surface area (Å²) in [6.45, 7) is 4.63. The van der Waals surface area contributed by atoms with Crippen molar-refractivity contribution < 1.29 is 23.1 Å². The van der Waals surface area contributed by atoms with Crippen LogP contribution in [0.5, 0.6) is 0 Å². The molecule has 0 aromatic heterocycles. The number of hydrogen-bond acceptors (Lipinski definition) is 6. The van der Waals surface area contributed by atoms with Crippen LogP contribution in [-0.2, 0) is 28.7 Å². The van der Waals surface area contributed by atoms with Gasteiger partial charge in [-0.1, -0.05) is 91.0 Å². The van der Waals surface area contributed by atoms with Gasteiger partial charge in [-0.05, 0) is 42.6 Å². The van der Waals surface area contributed by atoms with Crippen LogP contribution in [0.15, 0.2) is 91.0 Å². The van der Waals surface area contributed by atoms with Crippen LogP contribution < -0.4 is 0 Å². The van der Waals surface area contributed by atoms with Gasteiger partial charge >= 0.3 is 0 Å². The van der Waals surface area contributed by atoms with Gasteiger partial charge in [0.05, 0.1) is 13.2 Å². The molecule has 2 fully saturated rings. The summed E-state index contributed by atoms with van der Waals surface area (Å²) in [5.74, 6) is -0.678. The molecule has 0 spiro atoms. The van der Waals surface area contributed by atoms with Crippen molar-refractivity contribution in [1.29, 1.82) is 0 Å². The zero-order chi connectivity index (χ0) is 24.3. The van der Waals surface area contributed by atoms with E-state index in [0.717, 1.165) is 16.7 Å². The van der Waals surface area contributed by atoms with Crippen LogP contribution in [0.3, 0.4) is 0 Å². The second-order valence-corrected chi connectivity index (χ2v) is 9.85. The summed E-state index contributed by atoms with van der Waals surface area (Å²) in [6.07, 6.45) is 0.897. The Bertz CT molecular complexity index is 979. The molecule has 0 aliphatic carbocycles. The van der Waals surface area contributed by atoms with Gasteiger partial charge in [0.1, 0.15) is 30.0 Å². The molecule has 2 aliphatic heterocycles. The van der Waals surface area contributed by atoms with Gasteiger partial charge in [0.2, 0.25) is 0 Å². The van der Waals surface area contributed by atoms with E-state index in [9.17, 15) is 0 Å². The zero-order valence-corrected chi connectivity index (χ0v) is 21.1. The van der Waals surface area contributed by atoms with Crippen LogP contribution in [0, 0.1) is 0 Å². The lowest BCUT2D eigenvalue weighted by Crippen LogP contribution is -2.50. The van der Waals surface area contributed by atoms with Crippen molar-refractivity contribution in [1.82, 2.24) is 0 Å². The molecular weight excluding hydrogens is 460 g/mol. The minimum absolute atomic E-state index is 0.201. The third-order valence-corrected chi connectivity index (χ3v) is 7.05. The molecule has 4 atom stereocenters. The van der Waals surface area contributed by atoms with Crippen molar-refractivity contribution in [2.24, 2.45) is 0 Å². The molecule has 184 valence electrons. The minimum atomic E-state index is -0.818. The second-order valence-electron chi connectivity index (χ2n) is 9.32. The van der Waals surface area contributed by atoms with Gasteiger partial charge in [-0.2, -0.15) is 0 Å². The highest BCUT2D eigenvalue weighted by Crippen LogP contribution is 2.42. The number of ether oxygens (including phenoxy) is 4. The molecule has 6 heteroatoms. The summed E-state index contributed by atoms with van der Waals surface area (Å²) in [7, 11) is 0. The van der Waals surface area contributed by atoms with Crippen LogP contribution in [0.4, 0.5) is 0 Å². The highest BCUT2D eigenvalue weighted by Gasteiger charge is 2.52. The Hall–Kier alpha value is -2.19. The Morgan fingerprint density at radius 1 is 0.857 bits per heavy atom. The predicted molar refractivity (Wildman–Crippen MR) is 137 cm³/mol. The number of hydrogen-bond donors (Lipinski definition) is 0. The minimum Gasteiger partial charge on any atom is -0.364 e. The van der Waals surface area contributed by atoms with E-state index >= 15 is 0 Å². The van der Waals surface area contributed by atoms with Crippen LogP contribution in [-0.4, -0.2) is 49.7 Å². The summed E-state index contributed by atoms with van der Waals surface area (Å²) in [5.41, 5.74) is 2.34. The van der Waals surface area contributed by atoms with Crippen LogP contribution >= 0.6 is 12.0 Å². The summed E-state index contributed by atoms with van der Waals surface area (Å²) in [6, 6.07) is 31.1. The number of benzene rings is 3. The Labute approximate surface area is 211 Å². The Balaban J connectivity index is 1.52. The maximum atomic E-state index is 7.00. The van der Waals surface area contributed by atoms with Crippen molar-refractivity contribution in [2.45, 2.75) is 49.7 Å². The molecule has 3 aromatic carbocycles. The maximum Gasteiger partial charge on any atom is 0.163 e. The van der Waals surface area contributed by atoms with Crippen molar-refractivity contribution in [3.8, 4) is 0 Å². The first kappa shape index (κ1) is 24.5. The topological polar surface area (TPSA) is 46.2 Å². The van der Waals surface area contributed by atoms with Crippen molar-refractivity contribution in [3.05, 3.63) is 108 Å². The quantitative estimate of drug-likeness (QED) is 0.302. The van der Waals surface area contributed by atoms with Crippen molar-refractivity contribution >= 4 is 12.0 Å². The fraction of sp³-hybridized carbons (Fsp3) is 0.379. The lowest BCUT2D eigenvalue weighted by molar-refractivity contribution is -0.298. The molecule has 5 nitrogen and oxygen atoms in total. The summed E-state index contributed by atoms with van der Waals surface area (Å²) in [5, 5.41) is 0. The molecule has 3 aromatic rings. The van der Waals surface area contributed by atoms with E-state index in [1.165, 1.54) is 12.0 Å². The molecule has 2 aliphatic rings. The average Bonchev–Trinajstić information content (AvgIpc) is 3.22. The Morgan fingerprint density at radius 2 is 1.37 bits per heavy atom. The van der Waals surface area contributed by atoms with Gasteiger partial charge < -0.3 is 23.1 Å². The molecular formula is C29H32O5S. The van der Waals surface area contributed by atoms with Crippen molar-refractivity contribution in [2.75, 3.05) is 19.5 Å². The molecule has 2 saturated heterocycles. The van der Waals surface area contributed by atoms with E-state index in [0.29, 0.717) is 13.2 Å². The highest BCUT2D eigenvalue weighted by molar-refractivity contribution is 7.93. The lowest BCUT2D eigenvalue weighted by atomic mass is 9.80. The Morgan fingerprint density at radius 3 is 1.86 bits per heavy atom. The standard InChI is InChI=1S/C29H32O5S/c1-28(2)30-19-24-26(33-28)27(34-35-3)25(32-24)20-31-29(21-13-7-4-8-14-21,22-15-9-5-10-16-22)23-17-11-6-12-18-23/h4-18,24-27H,19-20H2,1-3H3/t24-,25?,26+,27?/m0/s1. The van der Waals surface area contributed by atoms with Gasteiger partial charge in [0, 0.05) is 6.26 Å². The summed E-state index contributed by atoms with van der Waals surface area (Å²) >= 11 is 1.32. The molecule has 0 amide bonds. The molecule has 0 saturated carbocycles. The van der Waals surface area contributed by atoms with Gasteiger partial charge in [0.15, 0.2) is 5.79 Å². The van der Waals surface area contributed by atoms with Gasteiger partial charge in [-0.3, -0.25) is 0 Å². The molecule has 2 heterocycles. The first-order chi connectivity index (χ1) is 17.0. The fourth-order valence-electron chi connectivity index (χ4n) is 5.06. The lowest BCUT2D eigenvalue weighted by Gasteiger charge is -2.38. The third-order valence-electron chi connectivity index (χ3n) is 6.63. The summed E-state index contributed by atoms with van der Waals surface area (Å²) < 4.78 is 31.6. The van der Waals surface area contributed by atoms with Gasteiger partial charge in [-0.25, -0.2) is 0 Å². The first-order valence-electron chi connectivity index (χ1n) is 12.0. The number of fused-ring (bicyclic) bond motifs is 1. The second kappa shape index (κ2) is 10.4. The zero-order valence-electron chi connectivity index (χ0n) is 20.3. The fourth-order valence-corrected chi connectivity index (χ4v) is 5.52. The molecule has 5 rings (SSSR count). The van der Waals surface area contributed by atoms with Crippen LogP contribution in [0.2, 0.25) is 0 Å². The SMILES string of the molecule is CSOC1C(COC(c2ccccc2)(c2ccccc2)c2ccccc2)O[C@H]2COC(C)(C)O[C@@H]12. The average molecular weight is 493 g/mol. The van der Waals surface area contributed by atoms with Crippen molar-refractivity contribution in [3.63, 3.8) is 0 Å². The van der Waals surface area contributed by atoms with Gasteiger partial charge in [-0.15, -0.1) is 0 Å². The largest absolute Gasteiger partial charge is 0.364 e. The molecule has 0 radical (unpaired) electrons. The van der Waals surface area contributed by atoms with E-state index in [4.69, 9.17) is 23.1 Å². The van der Waals surface area contributed by atoms with E-state index < -0.39 is 11.4 Å². The number of rotatable bonds is 8. The van der Waals surface area contributed by atoms with Gasteiger partial charge in [0.25, 0.3) is 0 Å². The molecule has 2 unspecified atom stereocenters. The first-order valence-corrected chi connectivity index (χ1v) is 13.2. The van der Waals surface area contributed by atoms with Crippen LogP contribution in [0.25, 0.3) is 0 Å². The van der Waals surface area contributed by atoms with E-state index in [-0.39, 0.29) is 24.4 Å². The van der Waals surface area contributed by atoms with E-state index in [1.54, 1.807) is 0 Å². The normalized spacial score (nSPS) is 25.8. The monoisotopic (exact) mass is 492 g/mol. The Kier molecular flexibility index (Phi) is 7.30. The molecule has 0 bridgehead atoms. The third kappa shape index (κ3) is 4.92. The summed E-state index contributed by atoms with van der Waals surface area (Å²) in [4.78, 5) is 0. The molecule has 0 N–H and O–H groups in total. The highest BCUT2D eigenvalue weighted by atomic mass is 32.2. The maximum absolute atomic E-state index is 7.00.